The van der Waals surface area contributed by atoms with Crippen molar-refractivity contribution in [3.63, 3.8) is 0 Å². The highest BCUT2D eigenvalue weighted by molar-refractivity contribution is 5.84. The molecule has 1 aromatic heterocycles. The molecule has 7 nitrogen and oxygen atoms in total. The van der Waals surface area contributed by atoms with Crippen LogP contribution >= 0.6 is 0 Å². The van der Waals surface area contributed by atoms with Crippen molar-refractivity contribution in [2.45, 2.75) is 39.3 Å². The lowest BCUT2D eigenvalue weighted by atomic mass is 10.1. The summed E-state index contributed by atoms with van der Waals surface area (Å²) in [5.41, 5.74) is -0.272. The summed E-state index contributed by atoms with van der Waals surface area (Å²) in [4.78, 5) is 38.2. The molecule has 2 rings (SSSR count). The Morgan fingerprint density at radius 3 is 2.60 bits per heavy atom. The molecular formula is C18H25N3O4. The quantitative estimate of drug-likeness (QED) is 0.730. The molecule has 1 unspecified atom stereocenters. The Hall–Kier alpha value is -2.41. The summed E-state index contributed by atoms with van der Waals surface area (Å²) in [7, 11) is 1.56. The predicted octanol–water partition coefficient (Wildman–Crippen LogP) is 1.29. The van der Waals surface area contributed by atoms with E-state index in [2.05, 4.69) is 5.32 Å². The fourth-order valence-corrected chi connectivity index (χ4v) is 2.93. The van der Waals surface area contributed by atoms with Crippen LogP contribution in [0.3, 0.4) is 0 Å². The van der Waals surface area contributed by atoms with Crippen molar-refractivity contribution in [3.05, 3.63) is 45.1 Å². The number of fused-ring (bicyclic) bond motifs is 1. The molecule has 0 bridgehead atoms. The molecule has 1 atom stereocenters. The first-order valence-corrected chi connectivity index (χ1v) is 8.57. The zero-order valence-electron chi connectivity index (χ0n) is 14.9. The van der Waals surface area contributed by atoms with Crippen LogP contribution < -0.4 is 16.6 Å². The number of para-hydroxylation sites is 1. The van der Waals surface area contributed by atoms with Gasteiger partial charge in [0.1, 0.15) is 6.04 Å². The number of hydrogen-bond donors (Lipinski definition) is 1. The molecule has 0 aliphatic rings. The Kier molecular flexibility index (Phi) is 6.52. The number of carbonyl (C=O) groups is 1. The Labute approximate surface area is 146 Å². The molecule has 1 aromatic carbocycles. The van der Waals surface area contributed by atoms with Crippen LogP contribution in [-0.4, -0.2) is 35.3 Å². The van der Waals surface area contributed by atoms with Gasteiger partial charge in [0.2, 0.25) is 5.91 Å². The minimum atomic E-state index is -0.682. The maximum absolute atomic E-state index is 12.9. The lowest BCUT2D eigenvalue weighted by molar-refractivity contribution is -0.124. The van der Waals surface area contributed by atoms with Crippen molar-refractivity contribution in [1.82, 2.24) is 14.5 Å². The van der Waals surface area contributed by atoms with Crippen molar-refractivity contribution in [1.29, 1.82) is 0 Å². The topological polar surface area (TPSA) is 82.3 Å². The largest absolute Gasteiger partial charge is 0.383 e. The van der Waals surface area contributed by atoms with Gasteiger partial charge in [0.25, 0.3) is 5.56 Å². The Morgan fingerprint density at radius 2 is 1.96 bits per heavy atom. The fraction of sp³-hybridized carbons (Fsp3) is 0.500. The highest BCUT2D eigenvalue weighted by Gasteiger charge is 2.24. The van der Waals surface area contributed by atoms with Gasteiger partial charge in [-0.15, -0.1) is 0 Å². The summed E-state index contributed by atoms with van der Waals surface area (Å²) < 4.78 is 7.60. The standard InChI is InChI=1S/C18H25N3O4/c1-4-11-20-17(23)13-8-6-7-9-15(13)21(18(20)24)14(5-2)16(22)19-10-12-25-3/h6-9,14H,4-5,10-12H2,1-3H3,(H,19,22). The molecule has 0 aliphatic carbocycles. The Morgan fingerprint density at radius 1 is 1.24 bits per heavy atom. The number of ether oxygens (including phenoxy) is 1. The third-order valence-corrected chi connectivity index (χ3v) is 4.13. The highest BCUT2D eigenvalue weighted by Crippen LogP contribution is 2.16. The number of benzene rings is 1. The summed E-state index contributed by atoms with van der Waals surface area (Å²) in [6.07, 6.45) is 1.09. The molecule has 0 aliphatic heterocycles. The number of nitrogens with zero attached hydrogens (tertiary/aromatic N) is 2. The summed E-state index contributed by atoms with van der Waals surface area (Å²) in [5.74, 6) is -0.256. The van der Waals surface area contributed by atoms with E-state index in [0.717, 1.165) is 0 Å². The van der Waals surface area contributed by atoms with Gasteiger partial charge in [-0.3, -0.25) is 18.7 Å². The van der Waals surface area contributed by atoms with Gasteiger partial charge in [-0.1, -0.05) is 26.0 Å². The van der Waals surface area contributed by atoms with E-state index in [9.17, 15) is 14.4 Å². The van der Waals surface area contributed by atoms with Crippen molar-refractivity contribution in [3.8, 4) is 0 Å². The van der Waals surface area contributed by atoms with Gasteiger partial charge in [-0.05, 0) is 25.0 Å². The number of hydrogen-bond acceptors (Lipinski definition) is 4. The Bertz CT molecular complexity index is 854. The van der Waals surface area contributed by atoms with Gasteiger partial charge in [0, 0.05) is 20.2 Å². The third-order valence-electron chi connectivity index (χ3n) is 4.13. The fourth-order valence-electron chi connectivity index (χ4n) is 2.93. The molecule has 136 valence electrons. The number of methoxy groups -OCH3 is 1. The molecule has 7 heteroatoms. The van der Waals surface area contributed by atoms with E-state index >= 15 is 0 Å². The second kappa shape index (κ2) is 8.62. The normalized spacial score (nSPS) is 12.3. The highest BCUT2D eigenvalue weighted by atomic mass is 16.5. The average molecular weight is 347 g/mol. The molecule has 1 heterocycles. The zero-order chi connectivity index (χ0) is 18.4. The van der Waals surface area contributed by atoms with Crippen LogP contribution in [-0.2, 0) is 16.1 Å². The van der Waals surface area contributed by atoms with Gasteiger partial charge in [0.05, 0.1) is 17.5 Å². The van der Waals surface area contributed by atoms with Crippen LogP contribution in [0.5, 0.6) is 0 Å². The van der Waals surface area contributed by atoms with Crippen LogP contribution in [0.25, 0.3) is 10.9 Å². The molecule has 0 fully saturated rings. The van der Waals surface area contributed by atoms with E-state index in [1.54, 1.807) is 31.4 Å². The minimum Gasteiger partial charge on any atom is -0.383 e. The first-order valence-electron chi connectivity index (χ1n) is 8.57. The molecular weight excluding hydrogens is 322 g/mol. The zero-order valence-corrected chi connectivity index (χ0v) is 14.9. The molecule has 25 heavy (non-hydrogen) atoms. The lowest BCUT2D eigenvalue weighted by Gasteiger charge is -2.21. The first-order chi connectivity index (χ1) is 12.1. The van der Waals surface area contributed by atoms with Crippen molar-refractivity contribution >= 4 is 16.8 Å². The monoisotopic (exact) mass is 347 g/mol. The minimum absolute atomic E-state index is 0.256. The van der Waals surface area contributed by atoms with Crippen molar-refractivity contribution < 1.29 is 9.53 Å². The average Bonchev–Trinajstić information content (AvgIpc) is 2.62. The predicted molar refractivity (Wildman–Crippen MR) is 97.0 cm³/mol. The van der Waals surface area contributed by atoms with E-state index in [1.807, 2.05) is 13.8 Å². The van der Waals surface area contributed by atoms with Gasteiger partial charge >= 0.3 is 5.69 Å². The molecule has 2 aromatic rings. The molecule has 0 saturated carbocycles. The van der Waals surface area contributed by atoms with Crippen LogP contribution in [0.1, 0.15) is 32.7 Å². The van der Waals surface area contributed by atoms with Gasteiger partial charge in [-0.2, -0.15) is 0 Å². The van der Waals surface area contributed by atoms with Crippen LogP contribution in [0, 0.1) is 0 Å². The molecule has 0 spiro atoms. The van der Waals surface area contributed by atoms with Gasteiger partial charge in [-0.25, -0.2) is 4.79 Å². The summed E-state index contributed by atoms with van der Waals surface area (Å²) in [6.45, 7) is 4.84. The molecule has 1 N–H and O–H groups in total. The van der Waals surface area contributed by atoms with Crippen molar-refractivity contribution in [2.24, 2.45) is 0 Å². The van der Waals surface area contributed by atoms with Gasteiger partial charge in [0.15, 0.2) is 0 Å². The molecule has 0 saturated heterocycles. The maximum Gasteiger partial charge on any atom is 0.332 e. The van der Waals surface area contributed by atoms with E-state index in [-0.39, 0.29) is 11.5 Å². The van der Waals surface area contributed by atoms with E-state index in [1.165, 1.54) is 9.13 Å². The summed E-state index contributed by atoms with van der Waals surface area (Å²) in [5, 5.41) is 3.22. The van der Waals surface area contributed by atoms with E-state index in [0.29, 0.717) is 43.4 Å². The lowest BCUT2D eigenvalue weighted by Crippen LogP contribution is -2.45. The number of carbonyl (C=O) groups excluding carboxylic acids is 1. The third kappa shape index (κ3) is 3.82. The number of aromatic nitrogens is 2. The maximum atomic E-state index is 12.9. The summed E-state index contributed by atoms with van der Waals surface area (Å²) in [6, 6.07) is 6.23. The first kappa shape index (κ1) is 18.9. The van der Waals surface area contributed by atoms with Crippen molar-refractivity contribution in [2.75, 3.05) is 20.3 Å². The number of nitrogens with one attached hydrogen (secondary N) is 1. The van der Waals surface area contributed by atoms with Gasteiger partial charge < -0.3 is 10.1 Å². The Balaban J connectivity index is 2.63. The van der Waals surface area contributed by atoms with Crippen LogP contribution in [0.4, 0.5) is 0 Å². The number of amides is 1. The molecule has 1 amide bonds. The van der Waals surface area contributed by atoms with Crippen LogP contribution in [0.15, 0.2) is 33.9 Å². The summed E-state index contributed by atoms with van der Waals surface area (Å²) >= 11 is 0. The van der Waals surface area contributed by atoms with Crippen LogP contribution in [0.2, 0.25) is 0 Å². The van der Waals surface area contributed by atoms with E-state index in [4.69, 9.17) is 4.74 Å². The van der Waals surface area contributed by atoms with E-state index < -0.39 is 11.7 Å². The second-order valence-corrected chi connectivity index (χ2v) is 5.83. The smallest absolute Gasteiger partial charge is 0.332 e. The number of rotatable bonds is 8. The second-order valence-electron chi connectivity index (χ2n) is 5.83. The SMILES string of the molecule is CCCn1c(=O)c2ccccc2n(C(CC)C(=O)NCCOC)c1=O. The molecule has 0 radical (unpaired) electrons.